The zero-order chi connectivity index (χ0) is 17.1. The molecule has 4 nitrogen and oxygen atoms in total. The standard InChI is InChI=1S/C17H13BrFN3OS/c1-22(15(23)10-11-2-8-14(19)9-3-11)17-21-20-16(24-17)12-4-6-13(18)7-5-12/h2-9H,10H2,1H3. The second kappa shape index (κ2) is 7.19. The summed E-state index contributed by atoms with van der Waals surface area (Å²) in [6, 6.07) is 13.6. The predicted octanol–water partition coefficient (Wildman–Crippen LogP) is 4.31. The minimum absolute atomic E-state index is 0.125. The molecule has 0 N–H and O–H groups in total. The zero-order valence-corrected chi connectivity index (χ0v) is 15.1. The Labute approximate surface area is 151 Å². The van der Waals surface area contributed by atoms with Gasteiger partial charge in [-0.3, -0.25) is 9.69 Å². The summed E-state index contributed by atoms with van der Waals surface area (Å²) >= 11 is 4.74. The highest BCUT2D eigenvalue weighted by Gasteiger charge is 2.17. The van der Waals surface area contributed by atoms with E-state index in [1.54, 1.807) is 19.2 Å². The Hall–Kier alpha value is -2.12. The molecule has 24 heavy (non-hydrogen) atoms. The van der Waals surface area contributed by atoms with E-state index in [-0.39, 0.29) is 18.1 Å². The fraction of sp³-hybridized carbons (Fsp3) is 0.118. The summed E-state index contributed by atoms with van der Waals surface area (Å²) in [6.45, 7) is 0. The van der Waals surface area contributed by atoms with Gasteiger partial charge in [0.05, 0.1) is 6.42 Å². The number of aromatic nitrogens is 2. The SMILES string of the molecule is CN(C(=O)Cc1ccc(F)cc1)c1nnc(-c2ccc(Br)cc2)s1. The maximum atomic E-state index is 12.9. The van der Waals surface area contributed by atoms with Crippen molar-refractivity contribution in [2.45, 2.75) is 6.42 Å². The second-order valence-corrected chi connectivity index (χ2v) is 7.02. The van der Waals surface area contributed by atoms with E-state index in [1.807, 2.05) is 24.3 Å². The summed E-state index contributed by atoms with van der Waals surface area (Å²) in [4.78, 5) is 13.8. The summed E-state index contributed by atoms with van der Waals surface area (Å²) < 4.78 is 13.9. The maximum Gasteiger partial charge on any atom is 0.232 e. The van der Waals surface area contributed by atoms with Crippen LogP contribution in [0.1, 0.15) is 5.56 Å². The van der Waals surface area contributed by atoms with E-state index in [0.29, 0.717) is 5.13 Å². The first-order chi connectivity index (χ1) is 11.5. The molecule has 0 aliphatic heterocycles. The van der Waals surface area contributed by atoms with E-state index in [9.17, 15) is 9.18 Å². The van der Waals surface area contributed by atoms with Crippen LogP contribution in [0.2, 0.25) is 0 Å². The van der Waals surface area contributed by atoms with E-state index in [0.717, 1.165) is 20.6 Å². The predicted molar refractivity (Wildman–Crippen MR) is 96.6 cm³/mol. The first kappa shape index (κ1) is 16.7. The van der Waals surface area contributed by atoms with Gasteiger partial charge in [0.1, 0.15) is 10.8 Å². The van der Waals surface area contributed by atoms with Crippen LogP contribution in [0.5, 0.6) is 0 Å². The molecule has 7 heteroatoms. The number of halogens is 2. The molecule has 0 aliphatic rings. The van der Waals surface area contributed by atoms with Gasteiger partial charge in [-0.25, -0.2) is 4.39 Å². The number of benzene rings is 2. The van der Waals surface area contributed by atoms with Gasteiger partial charge >= 0.3 is 0 Å². The van der Waals surface area contributed by atoms with Crippen molar-refractivity contribution in [1.82, 2.24) is 10.2 Å². The minimum atomic E-state index is -0.317. The third-order valence-corrected chi connectivity index (χ3v) is 5.01. The van der Waals surface area contributed by atoms with Crippen LogP contribution in [-0.4, -0.2) is 23.2 Å². The minimum Gasteiger partial charge on any atom is -0.290 e. The fourth-order valence-electron chi connectivity index (χ4n) is 2.06. The molecule has 1 heterocycles. The average molecular weight is 406 g/mol. The number of likely N-dealkylation sites (N-methyl/N-ethyl adjacent to an activating group) is 1. The molecule has 0 unspecified atom stereocenters. The Kier molecular flexibility index (Phi) is 5.01. The van der Waals surface area contributed by atoms with Crippen molar-refractivity contribution in [2.75, 3.05) is 11.9 Å². The lowest BCUT2D eigenvalue weighted by Gasteiger charge is -2.12. The quantitative estimate of drug-likeness (QED) is 0.649. The molecule has 1 aromatic heterocycles. The molecular formula is C17H13BrFN3OS. The molecule has 3 rings (SSSR count). The zero-order valence-electron chi connectivity index (χ0n) is 12.7. The Morgan fingerprint density at radius 1 is 1.12 bits per heavy atom. The van der Waals surface area contributed by atoms with Gasteiger partial charge in [0, 0.05) is 17.1 Å². The van der Waals surface area contributed by atoms with Gasteiger partial charge in [-0.05, 0) is 29.8 Å². The lowest BCUT2D eigenvalue weighted by Crippen LogP contribution is -2.27. The summed E-state index contributed by atoms with van der Waals surface area (Å²) in [5, 5.41) is 9.52. The highest BCUT2D eigenvalue weighted by molar-refractivity contribution is 9.10. The van der Waals surface area contributed by atoms with E-state index in [2.05, 4.69) is 26.1 Å². The van der Waals surface area contributed by atoms with Gasteiger partial charge in [-0.15, -0.1) is 10.2 Å². The molecule has 0 fully saturated rings. The lowest BCUT2D eigenvalue weighted by atomic mass is 10.1. The highest BCUT2D eigenvalue weighted by Crippen LogP contribution is 2.29. The van der Waals surface area contributed by atoms with Crippen LogP contribution in [0.15, 0.2) is 53.0 Å². The molecule has 0 bridgehead atoms. The van der Waals surface area contributed by atoms with Crippen LogP contribution in [0.4, 0.5) is 9.52 Å². The monoisotopic (exact) mass is 405 g/mol. The van der Waals surface area contributed by atoms with Crippen molar-refractivity contribution in [2.24, 2.45) is 0 Å². The molecule has 0 saturated carbocycles. The van der Waals surface area contributed by atoms with Gasteiger partial charge in [-0.1, -0.05) is 51.5 Å². The molecule has 1 amide bonds. The second-order valence-electron chi connectivity index (χ2n) is 5.15. The number of anilines is 1. The molecule has 0 atom stereocenters. The van der Waals surface area contributed by atoms with E-state index in [4.69, 9.17) is 0 Å². The van der Waals surface area contributed by atoms with Crippen LogP contribution in [0.25, 0.3) is 10.6 Å². The Bertz CT molecular complexity index is 849. The topological polar surface area (TPSA) is 46.1 Å². The fourth-order valence-corrected chi connectivity index (χ4v) is 3.16. The molecule has 0 radical (unpaired) electrons. The molecule has 0 spiro atoms. The first-order valence-electron chi connectivity index (χ1n) is 7.13. The summed E-state index contributed by atoms with van der Waals surface area (Å²) in [6.07, 6.45) is 0.185. The average Bonchev–Trinajstić information content (AvgIpc) is 3.07. The number of rotatable bonds is 4. The molecule has 0 saturated heterocycles. The first-order valence-corrected chi connectivity index (χ1v) is 8.74. The van der Waals surface area contributed by atoms with Crippen molar-refractivity contribution in [1.29, 1.82) is 0 Å². The van der Waals surface area contributed by atoms with Crippen LogP contribution in [-0.2, 0) is 11.2 Å². The van der Waals surface area contributed by atoms with Crippen LogP contribution in [0.3, 0.4) is 0 Å². The highest BCUT2D eigenvalue weighted by atomic mass is 79.9. The van der Waals surface area contributed by atoms with Gasteiger partial charge in [-0.2, -0.15) is 0 Å². The largest absolute Gasteiger partial charge is 0.290 e. The number of hydrogen-bond donors (Lipinski definition) is 0. The van der Waals surface area contributed by atoms with E-state index < -0.39 is 0 Å². The van der Waals surface area contributed by atoms with Crippen molar-refractivity contribution in [3.63, 3.8) is 0 Å². The van der Waals surface area contributed by atoms with Gasteiger partial charge in [0.25, 0.3) is 0 Å². The molecule has 2 aromatic carbocycles. The molecule has 122 valence electrons. The Morgan fingerprint density at radius 3 is 2.46 bits per heavy atom. The smallest absolute Gasteiger partial charge is 0.232 e. The number of hydrogen-bond acceptors (Lipinski definition) is 4. The normalized spacial score (nSPS) is 10.6. The van der Waals surface area contributed by atoms with Crippen LogP contribution in [0, 0.1) is 5.82 Å². The summed E-state index contributed by atoms with van der Waals surface area (Å²) in [7, 11) is 1.66. The summed E-state index contributed by atoms with van der Waals surface area (Å²) in [5.41, 5.74) is 1.70. The Balaban J connectivity index is 1.73. The van der Waals surface area contributed by atoms with E-state index >= 15 is 0 Å². The third kappa shape index (κ3) is 3.85. The van der Waals surface area contributed by atoms with Gasteiger partial charge in [0.15, 0.2) is 0 Å². The van der Waals surface area contributed by atoms with E-state index in [1.165, 1.54) is 28.4 Å². The van der Waals surface area contributed by atoms with Crippen LogP contribution >= 0.6 is 27.3 Å². The van der Waals surface area contributed by atoms with Gasteiger partial charge in [0.2, 0.25) is 11.0 Å². The van der Waals surface area contributed by atoms with Crippen molar-refractivity contribution in [3.05, 3.63) is 64.4 Å². The Morgan fingerprint density at radius 2 is 1.79 bits per heavy atom. The van der Waals surface area contributed by atoms with Crippen LogP contribution < -0.4 is 4.90 Å². The summed E-state index contributed by atoms with van der Waals surface area (Å²) in [5.74, 6) is -0.442. The van der Waals surface area contributed by atoms with Crippen molar-refractivity contribution >= 4 is 38.3 Å². The maximum absolute atomic E-state index is 12.9. The lowest BCUT2D eigenvalue weighted by molar-refractivity contribution is -0.117. The number of carbonyl (C=O) groups excluding carboxylic acids is 1. The van der Waals surface area contributed by atoms with Crippen molar-refractivity contribution in [3.8, 4) is 10.6 Å². The molecular weight excluding hydrogens is 393 g/mol. The third-order valence-electron chi connectivity index (χ3n) is 3.44. The molecule has 0 aliphatic carbocycles. The number of nitrogens with zero attached hydrogens (tertiary/aromatic N) is 3. The number of amides is 1. The van der Waals surface area contributed by atoms with Crippen molar-refractivity contribution < 1.29 is 9.18 Å². The molecule has 3 aromatic rings. The van der Waals surface area contributed by atoms with Gasteiger partial charge < -0.3 is 0 Å². The number of carbonyl (C=O) groups is 1.